The number of aliphatic hydroxyl groups is 1. The van der Waals surface area contributed by atoms with Gasteiger partial charge in [0.25, 0.3) is 0 Å². The zero-order valence-corrected chi connectivity index (χ0v) is 11.0. The Balaban J connectivity index is 1.99. The minimum Gasteiger partial charge on any atom is -0.392 e. The van der Waals surface area contributed by atoms with E-state index in [1.807, 2.05) is 6.07 Å². The van der Waals surface area contributed by atoms with Crippen molar-refractivity contribution < 1.29 is 9.50 Å². The van der Waals surface area contributed by atoms with Crippen molar-refractivity contribution >= 4 is 0 Å². The number of fused-ring (bicyclic) bond motifs is 1. The van der Waals surface area contributed by atoms with E-state index in [2.05, 4.69) is 12.2 Å². The average Bonchev–Trinajstić information content (AvgIpc) is 2.36. The first-order valence-corrected chi connectivity index (χ1v) is 6.90. The van der Waals surface area contributed by atoms with Crippen LogP contribution >= 0.6 is 0 Å². The normalized spacial score (nSPS) is 20.5. The standard InChI is InChI=1S/C15H22FNO/c1-2-4-13(18)10-17-15-6-3-5-11-9-12(16)7-8-14(11)15/h7-9,13,15,17-18H,2-6,10H2,1H3. The molecule has 100 valence electrons. The summed E-state index contributed by atoms with van der Waals surface area (Å²) in [5.41, 5.74) is 2.31. The van der Waals surface area contributed by atoms with Gasteiger partial charge in [-0.2, -0.15) is 0 Å². The Hall–Kier alpha value is -0.930. The number of aliphatic hydroxyl groups excluding tert-OH is 1. The lowest BCUT2D eigenvalue weighted by molar-refractivity contribution is 0.155. The summed E-state index contributed by atoms with van der Waals surface area (Å²) in [5, 5.41) is 13.2. The summed E-state index contributed by atoms with van der Waals surface area (Å²) < 4.78 is 13.2. The topological polar surface area (TPSA) is 32.3 Å². The van der Waals surface area contributed by atoms with Gasteiger partial charge in [0.1, 0.15) is 5.82 Å². The minimum atomic E-state index is -0.277. The van der Waals surface area contributed by atoms with Crippen LogP contribution in [-0.4, -0.2) is 17.8 Å². The summed E-state index contributed by atoms with van der Waals surface area (Å²) >= 11 is 0. The molecule has 0 amide bonds. The molecule has 0 heterocycles. The molecule has 1 aromatic rings. The Labute approximate surface area is 108 Å². The van der Waals surface area contributed by atoms with Gasteiger partial charge >= 0.3 is 0 Å². The van der Waals surface area contributed by atoms with Crippen molar-refractivity contribution in [2.75, 3.05) is 6.54 Å². The molecule has 0 saturated heterocycles. The second-order valence-corrected chi connectivity index (χ2v) is 5.14. The van der Waals surface area contributed by atoms with Gasteiger partial charge in [-0.3, -0.25) is 0 Å². The number of benzene rings is 1. The molecule has 3 heteroatoms. The third-order valence-electron chi connectivity index (χ3n) is 3.64. The van der Waals surface area contributed by atoms with Gasteiger partial charge in [-0.25, -0.2) is 4.39 Å². The van der Waals surface area contributed by atoms with Crippen LogP contribution in [0.4, 0.5) is 4.39 Å². The van der Waals surface area contributed by atoms with Crippen molar-refractivity contribution in [1.29, 1.82) is 0 Å². The van der Waals surface area contributed by atoms with Crippen LogP contribution in [0.25, 0.3) is 0 Å². The molecule has 1 aliphatic rings. The number of aryl methyl sites for hydroxylation is 1. The molecule has 0 fully saturated rings. The lowest BCUT2D eigenvalue weighted by Gasteiger charge is -2.27. The maximum atomic E-state index is 13.2. The Morgan fingerprint density at radius 1 is 1.50 bits per heavy atom. The lowest BCUT2D eigenvalue weighted by Crippen LogP contribution is -2.32. The molecule has 1 aliphatic carbocycles. The Morgan fingerprint density at radius 3 is 3.11 bits per heavy atom. The molecule has 1 aromatic carbocycles. The fourth-order valence-corrected chi connectivity index (χ4v) is 2.71. The highest BCUT2D eigenvalue weighted by molar-refractivity contribution is 5.32. The fourth-order valence-electron chi connectivity index (χ4n) is 2.71. The average molecular weight is 251 g/mol. The third kappa shape index (κ3) is 3.30. The first-order valence-electron chi connectivity index (χ1n) is 6.90. The van der Waals surface area contributed by atoms with Gasteiger partial charge in [-0.15, -0.1) is 0 Å². The van der Waals surface area contributed by atoms with Crippen molar-refractivity contribution in [3.63, 3.8) is 0 Å². The molecule has 2 unspecified atom stereocenters. The molecule has 2 atom stereocenters. The van der Waals surface area contributed by atoms with Crippen LogP contribution in [0.1, 0.15) is 49.8 Å². The lowest BCUT2D eigenvalue weighted by atomic mass is 9.87. The van der Waals surface area contributed by atoms with Gasteiger partial charge in [0.2, 0.25) is 0 Å². The van der Waals surface area contributed by atoms with Crippen molar-refractivity contribution in [2.24, 2.45) is 0 Å². The predicted molar refractivity (Wildman–Crippen MR) is 71.0 cm³/mol. The van der Waals surface area contributed by atoms with Gasteiger partial charge in [-0.05, 0) is 48.9 Å². The predicted octanol–water partition coefficient (Wildman–Crippen LogP) is 2.95. The Bertz CT molecular complexity index is 394. The van der Waals surface area contributed by atoms with Crippen molar-refractivity contribution in [1.82, 2.24) is 5.32 Å². The summed E-state index contributed by atoms with van der Waals surface area (Å²) in [7, 11) is 0. The van der Waals surface area contributed by atoms with Crippen LogP contribution in [0, 0.1) is 5.82 Å². The summed E-state index contributed by atoms with van der Waals surface area (Å²) in [6.45, 7) is 2.69. The van der Waals surface area contributed by atoms with E-state index in [0.29, 0.717) is 6.54 Å². The number of hydrogen-bond acceptors (Lipinski definition) is 2. The van der Waals surface area contributed by atoms with Gasteiger partial charge in [0, 0.05) is 12.6 Å². The summed E-state index contributed by atoms with van der Waals surface area (Å²) in [6, 6.07) is 5.32. The zero-order chi connectivity index (χ0) is 13.0. The van der Waals surface area contributed by atoms with E-state index in [0.717, 1.165) is 37.7 Å². The highest BCUT2D eigenvalue weighted by Gasteiger charge is 2.20. The van der Waals surface area contributed by atoms with E-state index in [4.69, 9.17) is 0 Å². The summed E-state index contributed by atoms with van der Waals surface area (Å²) in [6.07, 6.45) is 4.66. The summed E-state index contributed by atoms with van der Waals surface area (Å²) in [4.78, 5) is 0. The number of halogens is 1. The van der Waals surface area contributed by atoms with Crippen LogP contribution in [-0.2, 0) is 6.42 Å². The van der Waals surface area contributed by atoms with Gasteiger partial charge in [-0.1, -0.05) is 19.4 Å². The Kier molecular flexibility index (Phi) is 4.72. The minimum absolute atomic E-state index is 0.152. The van der Waals surface area contributed by atoms with E-state index in [1.165, 1.54) is 11.6 Å². The molecule has 2 N–H and O–H groups in total. The smallest absolute Gasteiger partial charge is 0.123 e. The van der Waals surface area contributed by atoms with Crippen LogP contribution in [0.5, 0.6) is 0 Å². The van der Waals surface area contributed by atoms with E-state index < -0.39 is 0 Å². The molecule has 0 saturated carbocycles. The molecule has 0 spiro atoms. The molecular weight excluding hydrogens is 229 g/mol. The number of hydrogen-bond donors (Lipinski definition) is 2. The van der Waals surface area contributed by atoms with E-state index in [9.17, 15) is 9.50 Å². The van der Waals surface area contributed by atoms with Crippen LogP contribution < -0.4 is 5.32 Å². The monoisotopic (exact) mass is 251 g/mol. The molecule has 2 nitrogen and oxygen atoms in total. The number of nitrogens with one attached hydrogen (secondary N) is 1. The quantitative estimate of drug-likeness (QED) is 0.843. The van der Waals surface area contributed by atoms with Gasteiger partial charge < -0.3 is 10.4 Å². The molecule has 0 aromatic heterocycles. The fraction of sp³-hybridized carbons (Fsp3) is 0.600. The van der Waals surface area contributed by atoms with Crippen molar-refractivity contribution in [3.8, 4) is 0 Å². The van der Waals surface area contributed by atoms with Crippen LogP contribution in [0.3, 0.4) is 0 Å². The van der Waals surface area contributed by atoms with Crippen molar-refractivity contribution in [3.05, 3.63) is 35.1 Å². The molecule has 0 radical (unpaired) electrons. The number of rotatable bonds is 5. The third-order valence-corrected chi connectivity index (χ3v) is 3.64. The summed E-state index contributed by atoms with van der Waals surface area (Å²) in [5.74, 6) is -0.152. The molecule has 0 aliphatic heterocycles. The largest absolute Gasteiger partial charge is 0.392 e. The van der Waals surface area contributed by atoms with Crippen LogP contribution in [0.2, 0.25) is 0 Å². The SMILES string of the molecule is CCCC(O)CNC1CCCc2cc(F)ccc21. The van der Waals surface area contributed by atoms with E-state index >= 15 is 0 Å². The van der Waals surface area contributed by atoms with E-state index in [1.54, 1.807) is 6.07 Å². The van der Waals surface area contributed by atoms with Gasteiger partial charge in [0.15, 0.2) is 0 Å². The maximum Gasteiger partial charge on any atom is 0.123 e. The Morgan fingerprint density at radius 2 is 2.33 bits per heavy atom. The first kappa shape index (κ1) is 13.5. The van der Waals surface area contributed by atoms with Crippen LogP contribution in [0.15, 0.2) is 18.2 Å². The molecule has 18 heavy (non-hydrogen) atoms. The maximum absolute atomic E-state index is 13.2. The molecule has 2 rings (SSSR count). The van der Waals surface area contributed by atoms with E-state index in [-0.39, 0.29) is 18.0 Å². The second kappa shape index (κ2) is 6.30. The highest BCUT2D eigenvalue weighted by atomic mass is 19.1. The molecular formula is C15H22FNO. The highest BCUT2D eigenvalue weighted by Crippen LogP contribution is 2.30. The first-order chi connectivity index (χ1) is 8.70. The molecule has 0 bridgehead atoms. The second-order valence-electron chi connectivity index (χ2n) is 5.14. The van der Waals surface area contributed by atoms with Crippen molar-refractivity contribution in [2.45, 2.75) is 51.2 Å². The zero-order valence-electron chi connectivity index (χ0n) is 11.0. The van der Waals surface area contributed by atoms with Gasteiger partial charge in [0.05, 0.1) is 6.10 Å².